The van der Waals surface area contributed by atoms with Crippen molar-refractivity contribution in [1.82, 2.24) is 19.5 Å². The molecule has 0 bridgehead atoms. The summed E-state index contributed by atoms with van der Waals surface area (Å²) in [5, 5.41) is 6.33. The highest BCUT2D eigenvalue weighted by Gasteiger charge is 2.54. The Bertz CT molecular complexity index is 1840. The molecule has 2 amide bonds. The first kappa shape index (κ1) is 28.2. The minimum atomic E-state index is -0.483. The fraction of sp³-hybridized carbons (Fsp3) is 0.294. The minimum Gasteiger partial charge on any atom is -0.444 e. The Hall–Kier alpha value is -4.92. The summed E-state index contributed by atoms with van der Waals surface area (Å²) in [5.74, 6) is -0.453. The fourth-order valence-electron chi connectivity index (χ4n) is 5.90. The maximum Gasteiger partial charge on any atom is 0.410 e. The second-order valence-electron chi connectivity index (χ2n) is 11.7. The van der Waals surface area contributed by atoms with Gasteiger partial charge >= 0.3 is 6.09 Å². The molecule has 7 rings (SSSR count). The van der Waals surface area contributed by atoms with Crippen LogP contribution in [0.2, 0.25) is 0 Å². The van der Waals surface area contributed by atoms with Gasteiger partial charge in [-0.25, -0.2) is 14.3 Å². The number of aromatic nitrogens is 3. The lowest BCUT2D eigenvalue weighted by Gasteiger charge is -2.62. The van der Waals surface area contributed by atoms with E-state index in [2.05, 4.69) is 34.3 Å². The van der Waals surface area contributed by atoms with Crippen LogP contribution in [0, 0.1) is 0 Å². The number of likely N-dealkylation sites (tertiary alicyclic amines) is 1. The Morgan fingerprint density at radius 1 is 0.860 bits per heavy atom. The van der Waals surface area contributed by atoms with E-state index < -0.39 is 11.5 Å². The van der Waals surface area contributed by atoms with Gasteiger partial charge in [-0.3, -0.25) is 9.69 Å². The molecule has 0 spiro atoms. The van der Waals surface area contributed by atoms with E-state index in [0.717, 1.165) is 50.9 Å². The molecule has 2 aliphatic heterocycles. The van der Waals surface area contributed by atoms with E-state index >= 15 is 0 Å². The van der Waals surface area contributed by atoms with E-state index in [1.165, 1.54) is 0 Å². The predicted octanol–water partition coefficient (Wildman–Crippen LogP) is 6.15. The van der Waals surface area contributed by atoms with Gasteiger partial charge in [-0.15, -0.1) is 0 Å². The van der Waals surface area contributed by atoms with Crippen molar-refractivity contribution in [3.63, 3.8) is 0 Å². The van der Waals surface area contributed by atoms with Crippen LogP contribution >= 0.6 is 0 Å². The quantitative estimate of drug-likeness (QED) is 0.275. The van der Waals surface area contributed by atoms with Gasteiger partial charge in [0, 0.05) is 47.9 Å². The summed E-state index contributed by atoms with van der Waals surface area (Å²) in [6.45, 7) is 11.2. The first-order valence-electron chi connectivity index (χ1n) is 14.7. The lowest BCUT2D eigenvalue weighted by atomic mass is 9.85. The van der Waals surface area contributed by atoms with Gasteiger partial charge < -0.3 is 15.4 Å². The van der Waals surface area contributed by atoms with Crippen molar-refractivity contribution in [3.8, 4) is 22.3 Å². The maximum absolute atomic E-state index is 12.4. The summed E-state index contributed by atoms with van der Waals surface area (Å²) in [4.78, 5) is 33.3. The lowest BCUT2D eigenvalue weighted by molar-refractivity contribution is -0.0309. The average molecular weight is 577 g/mol. The molecule has 2 unspecified atom stereocenters. The van der Waals surface area contributed by atoms with Crippen molar-refractivity contribution in [2.75, 3.05) is 18.0 Å². The molecule has 2 N–H and O–H groups in total. The Balaban J connectivity index is 0.00000161. The Morgan fingerprint density at radius 3 is 2.26 bits per heavy atom. The molecule has 2 aromatic heterocycles. The van der Waals surface area contributed by atoms with E-state index in [9.17, 15) is 9.59 Å². The van der Waals surface area contributed by atoms with E-state index in [1.807, 2.05) is 82.2 Å². The highest BCUT2D eigenvalue weighted by Crippen LogP contribution is 2.39. The lowest BCUT2D eigenvalue weighted by Crippen LogP contribution is -2.80. The number of carbonyl (C=O) groups excluding carboxylic acids is 2. The number of nitrogens with zero attached hydrogens (tertiary/aromatic N) is 5. The van der Waals surface area contributed by atoms with Gasteiger partial charge in [-0.05, 0) is 60.9 Å². The number of hydrogen-bond acceptors (Lipinski definition) is 6. The third kappa shape index (κ3) is 4.94. The van der Waals surface area contributed by atoms with E-state index in [0.29, 0.717) is 18.2 Å². The molecule has 9 nitrogen and oxygen atoms in total. The fourth-order valence-corrected chi connectivity index (χ4v) is 5.90. The van der Waals surface area contributed by atoms with Crippen LogP contribution in [-0.4, -0.2) is 62.3 Å². The molecule has 4 heterocycles. The second kappa shape index (κ2) is 10.7. The van der Waals surface area contributed by atoms with E-state index in [1.54, 1.807) is 16.8 Å². The molecule has 9 heteroatoms. The highest BCUT2D eigenvalue weighted by molar-refractivity contribution is 6.10. The smallest absolute Gasteiger partial charge is 0.410 e. The van der Waals surface area contributed by atoms with Gasteiger partial charge in [0.1, 0.15) is 5.60 Å². The van der Waals surface area contributed by atoms with Crippen LogP contribution < -0.4 is 10.6 Å². The van der Waals surface area contributed by atoms with Gasteiger partial charge in [-0.2, -0.15) is 5.10 Å². The van der Waals surface area contributed by atoms with Crippen LogP contribution in [0.4, 0.5) is 10.5 Å². The van der Waals surface area contributed by atoms with Crippen LogP contribution in [-0.2, 0) is 4.74 Å². The van der Waals surface area contributed by atoms with E-state index in [4.69, 9.17) is 15.5 Å². The number of primary amides is 1. The van der Waals surface area contributed by atoms with Crippen molar-refractivity contribution in [1.29, 1.82) is 0 Å². The van der Waals surface area contributed by atoms with Gasteiger partial charge in [0.05, 0.1) is 18.3 Å². The number of carbonyl (C=O) groups is 2. The molecule has 0 aliphatic carbocycles. The summed E-state index contributed by atoms with van der Waals surface area (Å²) < 4.78 is 7.31. The van der Waals surface area contributed by atoms with Gasteiger partial charge in [0.2, 0.25) is 5.91 Å². The number of piperazine rings is 1. The molecule has 3 aromatic carbocycles. The van der Waals surface area contributed by atoms with Crippen molar-refractivity contribution in [3.05, 3.63) is 84.8 Å². The van der Waals surface area contributed by atoms with Gasteiger partial charge in [0.15, 0.2) is 5.65 Å². The molecule has 220 valence electrons. The molecule has 2 atom stereocenters. The largest absolute Gasteiger partial charge is 0.444 e. The number of ether oxygens (including phenoxy) is 1. The number of amides is 2. The highest BCUT2D eigenvalue weighted by atomic mass is 16.6. The zero-order valence-corrected chi connectivity index (χ0v) is 25.1. The summed E-state index contributed by atoms with van der Waals surface area (Å²) >= 11 is 0. The Morgan fingerprint density at radius 2 is 1.58 bits per heavy atom. The number of fused-ring (bicyclic) bond motifs is 3. The van der Waals surface area contributed by atoms with Crippen LogP contribution in [0.25, 0.3) is 38.7 Å². The zero-order chi connectivity index (χ0) is 30.5. The number of benzene rings is 3. The molecule has 2 aliphatic rings. The summed E-state index contributed by atoms with van der Waals surface area (Å²) in [6.07, 6.45) is 5.42. The third-order valence-electron chi connectivity index (χ3n) is 8.01. The summed E-state index contributed by atoms with van der Waals surface area (Å²) in [5.41, 5.74) is 11.3. The van der Waals surface area contributed by atoms with Crippen LogP contribution in [0.15, 0.2) is 79.3 Å². The van der Waals surface area contributed by atoms with Crippen molar-refractivity contribution in [2.24, 2.45) is 5.73 Å². The predicted molar refractivity (Wildman–Crippen MR) is 169 cm³/mol. The van der Waals surface area contributed by atoms with Gasteiger partial charge in [-0.1, -0.05) is 56.3 Å². The molecule has 0 radical (unpaired) electrons. The molecule has 5 aromatic rings. The Labute approximate surface area is 250 Å². The first-order valence-corrected chi connectivity index (χ1v) is 14.7. The van der Waals surface area contributed by atoms with Crippen LogP contribution in [0.1, 0.15) is 45.0 Å². The molecule has 0 saturated carbocycles. The number of hydrogen-bond donors (Lipinski definition) is 1. The molecule has 2 fully saturated rings. The average Bonchev–Trinajstić information content (AvgIpc) is 3.41. The summed E-state index contributed by atoms with van der Waals surface area (Å²) in [7, 11) is 0. The molecular formula is C34H36N6O3. The number of rotatable bonds is 4. The van der Waals surface area contributed by atoms with Crippen LogP contribution in [0.3, 0.4) is 0 Å². The molecule has 43 heavy (non-hydrogen) atoms. The van der Waals surface area contributed by atoms with Crippen LogP contribution in [0.5, 0.6) is 0 Å². The third-order valence-corrected chi connectivity index (χ3v) is 8.01. The SMILES string of the molecule is CC.CC(C)(C)OC(=O)N1CC2C1CN2c1ccc(-c2cnc3c(-c4cccc5c(C(N)=O)cccc45)cnn3c2)cc1. The Kier molecular flexibility index (Phi) is 7.04. The standard InChI is InChI=1S/C32H30N6O3.C2H6/c1-32(2,3)41-31(40)37-18-27-28(37)17-36(27)21-12-10-19(11-13-21)20-14-34-30-26(15-35-38(30)16-20)24-8-4-7-23-22(24)6-5-9-25(23)29(33)39;1-2/h4-16,27-28H,17-18H2,1-3H3,(H2,33,39);1-2H3. The van der Waals surface area contributed by atoms with Crippen molar-refractivity contribution < 1.29 is 14.3 Å². The van der Waals surface area contributed by atoms with Gasteiger partial charge in [0.25, 0.3) is 0 Å². The van der Waals surface area contributed by atoms with Crippen molar-refractivity contribution >= 4 is 34.1 Å². The maximum atomic E-state index is 12.4. The molecule has 2 saturated heterocycles. The van der Waals surface area contributed by atoms with Crippen molar-refractivity contribution in [2.45, 2.75) is 52.3 Å². The topological polar surface area (TPSA) is 106 Å². The minimum absolute atomic E-state index is 0.217. The number of anilines is 1. The second-order valence-corrected chi connectivity index (χ2v) is 11.7. The number of nitrogens with two attached hydrogens (primary N) is 1. The monoisotopic (exact) mass is 576 g/mol. The normalized spacial score (nSPS) is 17.4. The first-order chi connectivity index (χ1) is 20.7. The zero-order valence-electron chi connectivity index (χ0n) is 25.1. The summed E-state index contributed by atoms with van der Waals surface area (Å²) in [6, 6.07) is 20.4. The molecular weight excluding hydrogens is 540 g/mol. The van der Waals surface area contributed by atoms with E-state index in [-0.39, 0.29) is 12.1 Å².